The van der Waals surface area contributed by atoms with E-state index in [2.05, 4.69) is 4.98 Å². The van der Waals surface area contributed by atoms with Gasteiger partial charge in [-0.2, -0.15) is 9.65 Å². The van der Waals surface area contributed by atoms with Crippen molar-refractivity contribution in [2.75, 3.05) is 0 Å². The SMILES string of the molecule is N#Cc1ccc(Oc2ccnc(F)c2)c(F)c1. The molecule has 0 aliphatic rings. The zero-order chi connectivity index (χ0) is 12.3. The molecule has 0 atom stereocenters. The van der Waals surface area contributed by atoms with Gasteiger partial charge in [-0.1, -0.05) is 0 Å². The van der Waals surface area contributed by atoms with Crippen LogP contribution in [0.5, 0.6) is 11.5 Å². The maximum absolute atomic E-state index is 13.4. The second-order valence-electron chi connectivity index (χ2n) is 3.17. The van der Waals surface area contributed by atoms with Crippen LogP contribution in [0.3, 0.4) is 0 Å². The molecule has 0 fully saturated rings. The van der Waals surface area contributed by atoms with Crippen LogP contribution >= 0.6 is 0 Å². The summed E-state index contributed by atoms with van der Waals surface area (Å²) in [6, 6.07) is 8.02. The molecular weight excluding hydrogens is 226 g/mol. The van der Waals surface area contributed by atoms with Gasteiger partial charge in [-0.15, -0.1) is 0 Å². The topological polar surface area (TPSA) is 45.9 Å². The van der Waals surface area contributed by atoms with Crippen molar-refractivity contribution in [3.8, 4) is 17.6 Å². The fourth-order valence-corrected chi connectivity index (χ4v) is 1.23. The minimum absolute atomic E-state index is 0.0744. The van der Waals surface area contributed by atoms with Crippen molar-refractivity contribution < 1.29 is 13.5 Å². The highest BCUT2D eigenvalue weighted by Gasteiger charge is 2.06. The van der Waals surface area contributed by atoms with Crippen molar-refractivity contribution in [2.45, 2.75) is 0 Å². The van der Waals surface area contributed by atoms with E-state index in [1.165, 1.54) is 24.4 Å². The lowest BCUT2D eigenvalue weighted by Gasteiger charge is -2.06. The van der Waals surface area contributed by atoms with Gasteiger partial charge in [-0.05, 0) is 24.3 Å². The Labute approximate surface area is 95.9 Å². The lowest BCUT2D eigenvalue weighted by atomic mass is 10.2. The van der Waals surface area contributed by atoms with Crippen molar-refractivity contribution in [3.63, 3.8) is 0 Å². The molecule has 0 saturated carbocycles. The number of rotatable bonds is 2. The van der Waals surface area contributed by atoms with E-state index in [9.17, 15) is 8.78 Å². The number of ether oxygens (including phenoxy) is 1. The normalized spacial score (nSPS) is 9.71. The largest absolute Gasteiger partial charge is 0.454 e. The summed E-state index contributed by atoms with van der Waals surface area (Å²) in [4.78, 5) is 3.35. The predicted octanol–water partition coefficient (Wildman–Crippen LogP) is 3.02. The van der Waals surface area contributed by atoms with Gasteiger partial charge < -0.3 is 4.74 Å². The Morgan fingerprint density at radius 3 is 2.65 bits per heavy atom. The molecule has 0 unspecified atom stereocenters. The highest BCUT2D eigenvalue weighted by atomic mass is 19.1. The molecule has 0 aliphatic heterocycles. The molecule has 3 nitrogen and oxygen atoms in total. The average Bonchev–Trinajstić information content (AvgIpc) is 2.32. The molecule has 17 heavy (non-hydrogen) atoms. The molecule has 2 rings (SSSR count). The number of hydrogen-bond donors (Lipinski definition) is 0. The Morgan fingerprint density at radius 2 is 2.00 bits per heavy atom. The molecule has 0 spiro atoms. The quantitative estimate of drug-likeness (QED) is 0.747. The second kappa shape index (κ2) is 4.58. The maximum Gasteiger partial charge on any atom is 0.216 e. The van der Waals surface area contributed by atoms with Gasteiger partial charge in [0, 0.05) is 12.3 Å². The first kappa shape index (κ1) is 11.0. The summed E-state index contributed by atoms with van der Waals surface area (Å²) in [6.07, 6.45) is 1.21. The number of nitrogens with zero attached hydrogens (tertiary/aromatic N) is 2. The van der Waals surface area contributed by atoms with Crippen LogP contribution in [0.25, 0.3) is 0 Å². The Morgan fingerprint density at radius 1 is 1.18 bits per heavy atom. The number of halogens is 2. The molecule has 2 aromatic rings. The van der Waals surface area contributed by atoms with Crippen molar-refractivity contribution in [1.29, 1.82) is 5.26 Å². The number of aromatic nitrogens is 1. The van der Waals surface area contributed by atoms with E-state index < -0.39 is 11.8 Å². The van der Waals surface area contributed by atoms with E-state index in [4.69, 9.17) is 10.00 Å². The molecule has 0 bridgehead atoms. The summed E-state index contributed by atoms with van der Waals surface area (Å²) in [5.41, 5.74) is 0.191. The molecule has 0 radical (unpaired) electrons. The minimum Gasteiger partial charge on any atom is -0.454 e. The summed E-state index contributed by atoms with van der Waals surface area (Å²) >= 11 is 0. The lowest BCUT2D eigenvalue weighted by Crippen LogP contribution is -1.91. The molecule has 0 aliphatic carbocycles. The van der Waals surface area contributed by atoms with E-state index in [0.29, 0.717) is 0 Å². The Balaban J connectivity index is 2.28. The first-order valence-corrected chi connectivity index (χ1v) is 4.68. The minimum atomic E-state index is -0.712. The second-order valence-corrected chi connectivity index (χ2v) is 3.17. The molecule has 84 valence electrons. The van der Waals surface area contributed by atoms with Gasteiger partial charge in [0.15, 0.2) is 11.6 Å². The first-order chi connectivity index (χ1) is 8.19. The molecule has 0 amide bonds. The third-order valence-corrected chi connectivity index (χ3v) is 1.99. The van der Waals surface area contributed by atoms with E-state index in [1.807, 2.05) is 0 Å². The Hall–Kier alpha value is -2.48. The molecule has 5 heteroatoms. The van der Waals surface area contributed by atoms with Crippen LogP contribution in [0.15, 0.2) is 36.5 Å². The van der Waals surface area contributed by atoms with Crippen molar-refractivity contribution in [3.05, 3.63) is 53.9 Å². The molecular formula is C12H6F2N2O. The number of nitriles is 1. The van der Waals surface area contributed by atoms with Gasteiger partial charge in [0.1, 0.15) is 5.75 Å². The van der Waals surface area contributed by atoms with Crippen LogP contribution in [0.4, 0.5) is 8.78 Å². The first-order valence-electron chi connectivity index (χ1n) is 4.68. The van der Waals surface area contributed by atoms with Gasteiger partial charge in [0.2, 0.25) is 5.95 Å². The lowest BCUT2D eigenvalue weighted by molar-refractivity contribution is 0.436. The van der Waals surface area contributed by atoms with E-state index in [1.54, 1.807) is 6.07 Å². The number of benzene rings is 1. The summed E-state index contributed by atoms with van der Waals surface area (Å²) in [7, 11) is 0. The van der Waals surface area contributed by atoms with E-state index in [0.717, 1.165) is 12.1 Å². The van der Waals surface area contributed by atoms with Crippen LogP contribution in [-0.2, 0) is 0 Å². The monoisotopic (exact) mass is 232 g/mol. The number of pyridine rings is 1. The van der Waals surface area contributed by atoms with Gasteiger partial charge in [0.05, 0.1) is 11.6 Å². The Bertz CT molecular complexity index is 593. The fraction of sp³-hybridized carbons (Fsp3) is 0. The van der Waals surface area contributed by atoms with Crippen LogP contribution in [0.2, 0.25) is 0 Å². The molecule has 0 saturated heterocycles. The predicted molar refractivity (Wildman–Crippen MR) is 55.4 cm³/mol. The summed E-state index contributed by atoms with van der Waals surface area (Å²) in [5.74, 6) is -1.33. The van der Waals surface area contributed by atoms with Crippen LogP contribution in [0, 0.1) is 23.1 Å². The van der Waals surface area contributed by atoms with Gasteiger partial charge >= 0.3 is 0 Å². The third kappa shape index (κ3) is 2.55. The summed E-state index contributed by atoms with van der Waals surface area (Å²) in [6.45, 7) is 0. The van der Waals surface area contributed by atoms with E-state index in [-0.39, 0.29) is 17.1 Å². The molecule has 1 aromatic carbocycles. The highest BCUT2D eigenvalue weighted by Crippen LogP contribution is 2.24. The standard InChI is InChI=1S/C12H6F2N2O/c13-10-5-8(7-15)1-2-11(10)17-9-3-4-16-12(14)6-9/h1-6H. The zero-order valence-electron chi connectivity index (χ0n) is 8.52. The van der Waals surface area contributed by atoms with Crippen molar-refractivity contribution in [2.24, 2.45) is 0 Å². The Kier molecular flexibility index (Phi) is 2.97. The highest BCUT2D eigenvalue weighted by molar-refractivity contribution is 5.38. The van der Waals surface area contributed by atoms with Crippen LogP contribution < -0.4 is 4.74 Å². The smallest absolute Gasteiger partial charge is 0.216 e. The van der Waals surface area contributed by atoms with Crippen LogP contribution in [0.1, 0.15) is 5.56 Å². The third-order valence-electron chi connectivity index (χ3n) is 1.99. The van der Waals surface area contributed by atoms with Crippen molar-refractivity contribution >= 4 is 0 Å². The van der Waals surface area contributed by atoms with Gasteiger partial charge in [0.25, 0.3) is 0 Å². The zero-order valence-corrected chi connectivity index (χ0v) is 8.52. The van der Waals surface area contributed by atoms with Gasteiger partial charge in [-0.3, -0.25) is 0 Å². The summed E-state index contributed by atoms with van der Waals surface area (Å²) in [5, 5.41) is 8.56. The maximum atomic E-state index is 13.4. The average molecular weight is 232 g/mol. The molecule has 1 aromatic heterocycles. The van der Waals surface area contributed by atoms with Crippen LogP contribution in [-0.4, -0.2) is 4.98 Å². The molecule has 0 N–H and O–H groups in total. The molecule has 1 heterocycles. The summed E-state index contributed by atoms with van der Waals surface area (Å²) < 4.78 is 31.3. The van der Waals surface area contributed by atoms with Gasteiger partial charge in [-0.25, -0.2) is 9.37 Å². The number of hydrogen-bond acceptors (Lipinski definition) is 3. The van der Waals surface area contributed by atoms with E-state index >= 15 is 0 Å². The fourth-order valence-electron chi connectivity index (χ4n) is 1.23. The van der Waals surface area contributed by atoms with Crippen molar-refractivity contribution in [1.82, 2.24) is 4.98 Å².